The SMILES string of the molecule is CCCN(CCC)C(=O)c1ccc(Nc2ccc(F)c(F)c2)cn1. The summed E-state index contributed by atoms with van der Waals surface area (Å²) in [5.74, 6) is -1.92. The third kappa shape index (κ3) is 4.50. The highest BCUT2D eigenvalue weighted by atomic mass is 19.2. The number of nitrogens with zero attached hydrogens (tertiary/aromatic N) is 2. The van der Waals surface area contributed by atoms with Gasteiger partial charge in [0.15, 0.2) is 11.6 Å². The number of carbonyl (C=O) groups is 1. The Bertz CT molecular complexity index is 683. The number of pyridine rings is 1. The molecule has 1 aromatic heterocycles. The van der Waals surface area contributed by atoms with Gasteiger partial charge in [0, 0.05) is 24.8 Å². The van der Waals surface area contributed by atoms with Gasteiger partial charge in [-0.3, -0.25) is 4.79 Å². The Morgan fingerprint density at radius 2 is 1.71 bits per heavy atom. The number of nitrogens with one attached hydrogen (secondary N) is 1. The molecule has 1 aromatic carbocycles. The lowest BCUT2D eigenvalue weighted by atomic mass is 10.2. The van der Waals surface area contributed by atoms with E-state index in [1.165, 1.54) is 12.3 Å². The minimum atomic E-state index is -0.922. The molecular weight excluding hydrogens is 312 g/mol. The lowest BCUT2D eigenvalue weighted by Crippen LogP contribution is -2.33. The smallest absolute Gasteiger partial charge is 0.272 e. The topological polar surface area (TPSA) is 45.2 Å². The summed E-state index contributed by atoms with van der Waals surface area (Å²) in [6, 6.07) is 6.87. The Kier molecular flexibility index (Phi) is 6.23. The average molecular weight is 333 g/mol. The normalized spacial score (nSPS) is 10.5. The second kappa shape index (κ2) is 8.38. The van der Waals surface area contributed by atoms with Crippen molar-refractivity contribution in [3.8, 4) is 0 Å². The minimum Gasteiger partial charge on any atom is -0.354 e. The highest BCUT2D eigenvalue weighted by Gasteiger charge is 2.15. The zero-order chi connectivity index (χ0) is 17.5. The average Bonchev–Trinajstić information content (AvgIpc) is 2.58. The number of halogens is 2. The molecule has 0 bridgehead atoms. The Morgan fingerprint density at radius 1 is 1.04 bits per heavy atom. The summed E-state index contributed by atoms with van der Waals surface area (Å²) in [6.07, 6.45) is 3.29. The fourth-order valence-corrected chi connectivity index (χ4v) is 2.35. The Morgan fingerprint density at radius 3 is 2.25 bits per heavy atom. The van der Waals surface area contributed by atoms with Crippen molar-refractivity contribution >= 4 is 17.3 Å². The van der Waals surface area contributed by atoms with Gasteiger partial charge in [0.05, 0.1) is 11.9 Å². The van der Waals surface area contributed by atoms with Crippen LogP contribution in [0.4, 0.5) is 20.2 Å². The molecule has 0 saturated heterocycles. The van der Waals surface area contributed by atoms with E-state index in [4.69, 9.17) is 0 Å². The second-order valence-corrected chi connectivity index (χ2v) is 5.48. The van der Waals surface area contributed by atoms with Crippen LogP contribution in [-0.2, 0) is 0 Å². The fourth-order valence-electron chi connectivity index (χ4n) is 2.35. The van der Waals surface area contributed by atoms with E-state index in [0.717, 1.165) is 25.0 Å². The molecular formula is C18H21F2N3O. The number of aromatic nitrogens is 1. The molecule has 6 heteroatoms. The highest BCUT2D eigenvalue weighted by molar-refractivity contribution is 5.92. The highest BCUT2D eigenvalue weighted by Crippen LogP contribution is 2.18. The van der Waals surface area contributed by atoms with Crippen molar-refractivity contribution in [1.82, 2.24) is 9.88 Å². The van der Waals surface area contributed by atoms with Crippen LogP contribution < -0.4 is 5.32 Å². The van der Waals surface area contributed by atoms with Crippen LogP contribution in [0.2, 0.25) is 0 Å². The van der Waals surface area contributed by atoms with Gasteiger partial charge in [-0.2, -0.15) is 0 Å². The summed E-state index contributed by atoms with van der Waals surface area (Å²) < 4.78 is 26.1. The van der Waals surface area contributed by atoms with Crippen LogP contribution >= 0.6 is 0 Å². The molecule has 0 aliphatic rings. The van der Waals surface area contributed by atoms with E-state index in [1.807, 2.05) is 13.8 Å². The third-order valence-electron chi connectivity index (χ3n) is 3.47. The van der Waals surface area contributed by atoms with Gasteiger partial charge in [0.25, 0.3) is 5.91 Å². The van der Waals surface area contributed by atoms with E-state index in [-0.39, 0.29) is 5.91 Å². The first-order valence-electron chi connectivity index (χ1n) is 8.02. The molecule has 0 saturated carbocycles. The molecule has 0 aliphatic carbocycles. The molecule has 24 heavy (non-hydrogen) atoms. The van der Waals surface area contributed by atoms with E-state index in [1.54, 1.807) is 17.0 Å². The van der Waals surface area contributed by atoms with Crippen LogP contribution in [0.3, 0.4) is 0 Å². The van der Waals surface area contributed by atoms with Gasteiger partial charge < -0.3 is 10.2 Å². The van der Waals surface area contributed by atoms with Crippen molar-refractivity contribution in [2.24, 2.45) is 0 Å². The summed E-state index contributed by atoms with van der Waals surface area (Å²) in [5, 5.41) is 2.92. The quantitative estimate of drug-likeness (QED) is 0.818. The zero-order valence-corrected chi connectivity index (χ0v) is 13.9. The Labute approximate surface area is 140 Å². The van der Waals surface area contributed by atoms with Crippen molar-refractivity contribution in [1.29, 1.82) is 0 Å². The Hall–Kier alpha value is -2.50. The summed E-state index contributed by atoms with van der Waals surface area (Å²) in [7, 11) is 0. The number of anilines is 2. The van der Waals surface area contributed by atoms with Crippen LogP contribution in [0.15, 0.2) is 36.5 Å². The first kappa shape index (κ1) is 17.8. The van der Waals surface area contributed by atoms with Gasteiger partial charge in [-0.1, -0.05) is 13.8 Å². The predicted octanol–water partition coefficient (Wildman–Crippen LogP) is 4.37. The lowest BCUT2D eigenvalue weighted by Gasteiger charge is -2.21. The molecule has 1 heterocycles. The van der Waals surface area contributed by atoms with Crippen molar-refractivity contribution < 1.29 is 13.6 Å². The maximum Gasteiger partial charge on any atom is 0.272 e. The second-order valence-electron chi connectivity index (χ2n) is 5.48. The number of amides is 1. The number of hydrogen-bond acceptors (Lipinski definition) is 3. The molecule has 2 rings (SSSR count). The van der Waals surface area contributed by atoms with Crippen LogP contribution in [0.5, 0.6) is 0 Å². The van der Waals surface area contributed by atoms with Crippen LogP contribution in [-0.4, -0.2) is 28.9 Å². The van der Waals surface area contributed by atoms with E-state index in [2.05, 4.69) is 10.3 Å². The number of rotatable bonds is 7. The molecule has 128 valence electrons. The summed E-state index contributed by atoms with van der Waals surface area (Å²) in [5.41, 5.74) is 1.37. The van der Waals surface area contributed by atoms with E-state index >= 15 is 0 Å². The Balaban J connectivity index is 2.09. The molecule has 0 atom stereocenters. The molecule has 0 aliphatic heterocycles. The maximum absolute atomic E-state index is 13.2. The molecule has 0 radical (unpaired) electrons. The first-order valence-corrected chi connectivity index (χ1v) is 8.02. The van der Waals surface area contributed by atoms with Crippen LogP contribution in [0.1, 0.15) is 37.2 Å². The van der Waals surface area contributed by atoms with Gasteiger partial charge in [-0.15, -0.1) is 0 Å². The van der Waals surface area contributed by atoms with Crippen molar-refractivity contribution in [3.05, 3.63) is 53.9 Å². The third-order valence-corrected chi connectivity index (χ3v) is 3.47. The molecule has 0 spiro atoms. The number of carbonyl (C=O) groups excluding carboxylic acids is 1. The molecule has 0 unspecified atom stereocenters. The standard InChI is InChI=1S/C18H21F2N3O/c1-3-9-23(10-4-2)18(24)17-8-6-14(12-21-17)22-13-5-7-15(19)16(20)11-13/h5-8,11-12,22H,3-4,9-10H2,1-2H3. The van der Waals surface area contributed by atoms with Crippen molar-refractivity contribution in [2.75, 3.05) is 18.4 Å². The van der Waals surface area contributed by atoms with Crippen LogP contribution in [0, 0.1) is 11.6 Å². The van der Waals surface area contributed by atoms with Gasteiger partial charge in [-0.25, -0.2) is 13.8 Å². The maximum atomic E-state index is 13.2. The molecule has 0 fully saturated rings. The fraction of sp³-hybridized carbons (Fsp3) is 0.333. The molecule has 1 N–H and O–H groups in total. The van der Waals surface area contributed by atoms with E-state index in [9.17, 15) is 13.6 Å². The zero-order valence-electron chi connectivity index (χ0n) is 13.9. The molecule has 2 aromatic rings. The van der Waals surface area contributed by atoms with Gasteiger partial charge in [0.2, 0.25) is 0 Å². The first-order chi connectivity index (χ1) is 11.5. The van der Waals surface area contributed by atoms with Gasteiger partial charge >= 0.3 is 0 Å². The lowest BCUT2D eigenvalue weighted by molar-refractivity contribution is 0.0749. The van der Waals surface area contributed by atoms with Crippen molar-refractivity contribution in [2.45, 2.75) is 26.7 Å². The summed E-state index contributed by atoms with van der Waals surface area (Å²) >= 11 is 0. The monoisotopic (exact) mass is 333 g/mol. The largest absolute Gasteiger partial charge is 0.354 e. The van der Waals surface area contributed by atoms with Crippen LogP contribution in [0.25, 0.3) is 0 Å². The predicted molar refractivity (Wildman–Crippen MR) is 90.4 cm³/mol. The molecule has 4 nitrogen and oxygen atoms in total. The van der Waals surface area contributed by atoms with Gasteiger partial charge in [0.1, 0.15) is 5.69 Å². The van der Waals surface area contributed by atoms with Crippen molar-refractivity contribution in [3.63, 3.8) is 0 Å². The number of benzene rings is 1. The van der Waals surface area contributed by atoms with Gasteiger partial charge in [-0.05, 0) is 37.1 Å². The number of hydrogen-bond donors (Lipinski definition) is 1. The summed E-state index contributed by atoms with van der Waals surface area (Å²) in [4.78, 5) is 18.4. The van der Waals surface area contributed by atoms with E-state index in [0.29, 0.717) is 30.2 Å². The van der Waals surface area contributed by atoms with E-state index < -0.39 is 11.6 Å². The summed E-state index contributed by atoms with van der Waals surface area (Å²) in [6.45, 7) is 5.45. The minimum absolute atomic E-state index is 0.0990. The molecule has 1 amide bonds.